The van der Waals surface area contributed by atoms with E-state index in [1.54, 1.807) is 48.5 Å². The van der Waals surface area contributed by atoms with Crippen molar-refractivity contribution in [1.29, 1.82) is 0 Å². The van der Waals surface area contributed by atoms with Crippen molar-refractivity contribution in [2.24, 2.45) is 0 Å². The summed E-state index contributed by atoms with van der Waals surface area (Å²) in [4.78, 5) is 26.5. The average Bonchev–Trinajstić information content (AvgIpc) is 2.65. The molecule has 1 aliphatic rings. The summed E-state index contributed by atoms with van der Waals surface area (Å²) in [5.41, 5.74) is 1.05. The summed E-state index contributed by atoms with van der Waals surface area (Å²) in [5.74, 6) is -0.586. The summed E-state index contributed by atoms with van der Waals surface area (Å²) < 4.78 is 5.35. The lowest BCUT2D eigenvalue weighted by Crippen LogP contribution is -2.54. The van der Waals surface area contributed by atoms with Crippen molar-refractivity contribution >= 4 is 52.5 Å². The highest BCUT2D eigenvalue weighted by Gasteiger charge is 2.34. The number of hydrogen-bond acceptors (Lipinski definition) is 5. The van der Waals surface area contributed by atoms with Crippen LogP contribution in [0, 0.1) is 0 Å². The van der Waals surface area contributed by atoms with E-state index in [9.17, 15) is 9.59 Å². The first-order chi connectivity index (χ1) is 13.0. The lowest BCUT2D eigenvalue weighted by Gasteiger charge is -2.29. The molecule has 2 amide bonds. The highest BCUT2D eigenvalue weighted by atomic mass is 35.5. The number of aliphatic hydroxyl groups is 1. The molecule has 0 spiro atoms. The van der Waals surface area contributed by atoms with Crippen LogP contribution in [0.3, 0.4) is 0 Å². The summed E-state index contributed by atoms with van der Waals surface area (Å²) in [6, 6.07) is 13.4. The van der Waals surface area contributed by atoms with Gasteiger partial charge in [-0.05, 0) is 60.3 Å². The quantitative estimate of drug-likeness (QED) is 0.456. The van der Waals surface area contributed by atoms with Crippen LogP contribution in [0.15, 0.2) is 54.1 Å². The fourth-order valence-corrected chi connectivity index (χ4v) is 2.91. The average molecular weight is 403 g/mol. The Morgan fingerprint density at radius 2 is 1.93 bits per heavy atom. The molecule has 138 valence electrons. The van der Waals surface area contributed by atoms with Gasteiger partial charge in [-0.25, -0.2) is 0 Å². The molecule has 2 aromatic carbocycles. The molecule has 27 heavy (non-hydrogen) atoms. The minimum Gasteiger partial charge on any atom is -0.491 e. The third-order valence-electron chi connectivity index (χ3n) is 3.72. The first-order valence-electron chi connectivity index (χ1n) is 8.00. The van der Waals surface area contributed by atoms with E-state index in [2.05, 4.69) is 5.32 Å². The number of anilines is 1. The van der Waals surface area contributed by atoms with Crippen molar-refractivity contribution in [1.82, 2.24) is 5.32 Å². The Kier molecular flexibility index (Phi) is 5.85. The van der Waals surface area contributed by atoms with Crippen LogP contribution in [-0.2, 0) is 9.59 Å². The Morgan fingerprint density at radius 1 is 1.19 bits per heavy atom. The van der Waals surface area contributed by atoms with Gasteiger partial charge in [0, 0.05) is 5.02 Å². The number of thiocarbonyl (C=S) groups is 1. The first-order valence-corrected chi connectivity index (χ1v) is 8.79. The van der Waals surface area contributed by atoms with Gasteiger partial charge >= 0.3 is 0 Å². The zero-order valence-electron chi connectivity index (χ0n) is 14.0. The van der Waals surface area contributed by atoms with Gasteiger partial charge in [0.05, 0.1) is 12.3 Å². The van der Waals surface area contributed by atoms with Crippen LogP contribution < -0.4 is 15.0 Å². The summed E-state index contributed by atoms with van der Waals surface area (Å²) in [7, 11) is 0. The number of rotatable bonds is 5. The van der Waals surface area contributed by atoms with Gasteiger partial charge in [-0.3, -0.25) is 19.8 Å². The Morgan fingerprint density at radius 3 is 2.63 bits per heavy atom. The minimum atomic E-state index is -0.572. The molecule has 1 fully saturated rings. The molecular weight excluding hydrogens is 388 g/mol. The second-order valence-electron chi connectivity index (χ2n) is 5.58. The third kappa shape index (κ3) is 4.33. The van der Waals surface area contributed by atoms with Gasteiger partial charge in [0.2, 0.25) is 0 Å². The molecule has 0 unspecified atom stereocenters. The van der Waals surface area contributed by atoms with Crippen molar-refractivity contribution < 1.29 is 19.4 Å². The summed E-state index contributed by atoms with van der Waals surface area (Å²) in [6.07, 6.45) is 1.47. The van der Waals surface area contributed by atoms with E-state index in [-0.39, 0.29) is 23.9 Å². The van der Waals surface area contributed by atoms with E-state index in [4.69, 9.17) is 33.7 Å². The maximum absolute atomic E-state index is 12.9. The predicted molar refractivity (Wildman–Crippen MR) is 107 cm³/mol. The molecule has 3 rings (SSSR count). The number of nitrogens with one attached hydrogen (secondary N) is 1. The molecule has 0 aliphatic carbocycles. The van der Waals surface area contributed by atoms with Crippen LogP contribution in [0.2, 0.25) is 5.02 Å². The molecule has 0 bridgehead atoms. The largest absolute Gasteiger partial charge is 0.491 e. The molecular formula is C19H15ClN2O4S. The van der Waals surface area contributed by atoms with Gasteiger partial charge in [0.15, 0.2) is 5.11 Å². The number of nitrogens with zero attached hydrogens (tertiary/aromatic N) is 1. The zero-order chi connectivity index (χ0) is 19.4. The van der Waals surface area contributed by atoms with Crippen molar-refractivity contribution in [2.45, 2.75) is 0 Å². The summed E-state index contributed by atoms with van der Waals surface area (Å²) in [5, 5.41) is 11.9. The van der Waals surface area contributed by atoms with Gasteiger partial charge in [0.25, 0.3) is 11.8 Å². The van der Waals surface area contributed by atoms with Crippen molar-refractivity contribution in [2.75, 3.05) is 18.1 Å². The molecule has 6 nitrogen and oxygen atoms in total. The van der Waals surface area contributed by atoms with Crippen LogP contribution >= 0.6 is 23.8 Å². The number of amides is 2. The van der Waals surface area contributed by atoms with Gasteiger partial charge in [-0.15, -0.1) is 0 Å². The number of aliphatic hydroxyl groups excluding tert-OH is 1. The number of hydrogen-bond donors (Lipinski definition) is 2. The molecule has 2 N–H and O–H groups in total. The number of carbonyl (C=O) groups is 2. The second kappa shape index (κ2) is 8.30. The normalized spacial score (nSPS) is 15.9. The number of benzene rings is 2. The fraction of sp³-hybridized carbons (Fsp3) is 0.105. The second-order valence-corrected chi connectivity index (χ2v) is 6.40. The predicted octanol–water partition coefficient (Wildman–Crippen LogP) is 2.54. The van der Waals surface area contributed by atoms with E-state index in [0.29, 0.717) is 22.0 Å². The Labute approximate surface area is 166 Å². The maximum atomic E-state index is 12.9. The van der Waals surface area contributed by atoms with Crippen molar-refractivity contribution in [3.8, 4) is 5.75 Å². The summed E-state index contributed by atoms with van der Waals surface area (Å²) >= 11 is 11.0. The Hall–Kier alpha value is -2.74. The third-order valence-corrected chi connectivity index (χ3v) is 4.25. The molecule has 0 atom stereocenters. The van der Waals surface area contributed by atoms with Crippen LogP contribution in [0.5, 0.6) is 5.75 Å². The standard InChI is InChI=1S/C19H15ClN2O4S/c20-13-4-6-14(7-5-13)22-18(25)16(17(24)21-19(22)27)11-12-2-1-3-15(10-12)26-9-8-23/h1-7,10-11,23H,8-9H2,(H,21,24,27)/b16-11-. The number of carbonyl (C=O) groups excluding carboxylic acids is 2. The molecule has 1 heterocycles. The first kappa shape index (κ1) is 19.0. The maximum Gasteiger partial charge on any atom is 0.270 e. The highest BCUT2D eigenvalue weighted by Crippen LogP contribution is 2.24. The van der Waals surface area contributed by atoms with E-state index < -0.39 is 11.8 Å². The smallest absolute Gasteiger partial charge is 0.270 e. The van der Waals surface area contributed by atoms with Crippen molar-refractivity contribution in [3.63, 3.8) is 0 Å². The Balaban J connectivity index is 1.93. The van der Waals surface area contributed by atoms with Gasteiger partial charge in [0.1, 0.15) is 17.9 Å². The molecule has 0 saturated carbocycles. The number of ether oxygens (including phenoxy) is 1. The number of halogens is 1. The highest BCUT2D eigenvalue weighted by molar-refractivity contribution is 7.80. The molecule has 8 heteroatoms. The molecule has 0 aromatic heterocycles. The van der Waals surface area contributed by atoms with Crippen LogP contribution in [0.25, 0.3) is 6.08 Å². The zero-order valence-corrected chi connectivity index (χ0v) is 15.6. The SMILES string of the molecule is O=C1NC(=S)N(c2ccc(Cl)cc2)C(=O)/C1=C\c1cccc(OCCO)c1. The summed E-state index contributed by atoms with van der Waals surface area (Å²) in [6.45, 7) is 0.0394. The van der Waals surface area contributed by atoms with E-state index in [1.807, 2.05) is 0 Å². The van der Waals surface area contributed by atoms with Gasteiger partial charge < -0.3 is 9.84 Å². The fourth-order valence-electron chi connectivity index (χ4n) is 2.51. The monoisotopic (exact) mass is 402 g/mol. The van der Waals surface area contributed by atoms with Crippen LogP contribution in [-0.4, -0.2) is 35.2 Å². The van der Waals surface area contributed by atoms with Crippen LogP contribution in [0.1, 0.15) is 5.56 Å². The topological polar surface area (TPSA) is 78.9 Å². The molecule has 0 radical (unpaired) electrons. The van der Waals surface area contributed by atoms with E-state index in [0.717, 1.165) is 0 Å². The lowest BCUT2D eigenvalue weighted by atomic mass is 10.1. The van der Waals surface area contributed by atoms with E-state index in [1.165, 1.54) is 11.0 Å². The van der Waals surface area contributed by atoms with Gasteiger partial charge in [-0.1, -0.05) is 23.7 Å². The van der Waals surface area contributed by atoms with E-state index >= 15 is 0 Å². The van der Waals surface area contributed by atoms with Gasteiger partial charge in [-0.2, -0.15) is 0 Å². The minimum absolute atomic E-state index is 0.00417. The molecule has 2 aromatic rings. The molecule has 1 saturated heterocycles. The van der Waals surface area contributed by atoms with Crippen LogP contribution in [0.4, 0.5) is 5.69 Å². The molecule has 1 aliphatic heterocycles. The van der Waals surface area contributed by atoms with Crippen molar-refractivity contribution in [3.05, 3.63) is 64.7 Å². The lowest BCUT2D eigenvalue weighted by molar-refractivity contribution is -0.122. The Bertz CT molecular complexity index is 928.